The van der Waals surface area contributed by atoms with Crippen molar-refractivity contribution >= 4 is 11.9 Å². The standard InChI is InChI=1S/C7H12N2O3/c1-12-6(11)7(8)3-2-5(10)9-4-7/h2-4,8H2,1H3,(H,9,10). The van der Waals surface area contributed by atoms with Crippen molar-refractivity contribution in [3.63, 3.8) is 0 Å². The van der Waals surface area contributed by atoms with Crippen LogP contribution >= 0.6 is 0 Å². The molecule has 0 aromatic heterocycles. The number of hydrogen-bond acceptors (Lipinski definition) is 4. The fourth-order valence-corrected chi connectivity index (χ4v) is 1.15. The summed E-state index contributed by atoms with van der Waals surface area (Å²) in [5.41, 5.74) is 4.66. The molecular weight excluding hydrogens is 160 g/mol. The lowest BCUT2D eigenvalue weighted by atomic mass is 9.91. The van der Waals surface area contributed by atoms with Crippen LogP contribution < -0.4 is 11.1 Å². The van der Waals surface area contributed by atoms with Crippen LogP contribution in [0.5, 0.6) is 0 Å². The summed E-state index contributed by atoms with van der Waals surface area (Å²) in [4.78, 5) is 21.8. The molecule has 1 heterocycles. The number of carbonyl (C=O) groups excluding carboxylic acids is 2. The van der Waals surface area contributed by atoms with Crippen molar-refractivity contribution in [1.82, 2.24) is 5.32 Å². The second-order valence-corrected chi connectivity index (χ2v) is 2.92. The van der Waals surface area contributed by atoms with Crippen LogP contribution in [0.25, 0.3) is 0 Å². The van der Waals surface area contributed by atoms with Gasteiger partial charge in [0.2, 0.25) is 5.91 Å². The SMILES string of the molecule is COC(=O)C1(N)CCC(=O)NC1. The molecule has 1 amide bonds. The van der Waals surface area contributed by atoms with Crippen molar-refractivity contribution in [3.05, 3.63) is 0 Å². The summed E-state index contributed by atoms with van der Waals surface area (Å²) in [7, 11) is 1.29. The van der Waals surface area contributed by atoms with Gasteiger partial charge >= 0.3 is 5.97 Å². The topological polar surface area (TPSA) is 81.4 Å². The van der Waals surface area contributed by atoms with Crippen LogP contribution in [-0.2, 0) is 14.3 Å². The van der Waals surface area contributed by atoms with Gasteiger partial charge in [0.05, 0.1) is 7.11 Å². The van der Waals surface area contributed by atoms with Gasteiger partial charge in [-0.25, -0.2) is 4.79 Å². The molecule has 0 saturated carbocycles. The number of amides is 1. The van der Waals surface area contributed by atoms with Gasteiger partial charge in [-0.05, 0) is 6.42 Å². The van der Waals surface area contributed by atoms with E-state index in [1.807, 2.05) is 0 Å². The zero-order valence-electron chi connectivity index (χ0n) is 6.92. The number of carbonyl (C=O) groups is 2. The number of hydrogen-bond donors (Lipinski definition) is 2. The van der Waals surface area contributed by atoms with Crippen molar-refractivity contribution in [3.8, 4) is 0 Å². The maximum absolute atomic E-state index is 11.1. The normalized spacial score (nSPS) is 29.3. The van der Waals surface area contributed by atoms with Crippen molar-refractivity contribution in [2.75, 3.05) is 13.7 Å². The molecule has 1 unspecified atom stereocenters. The maximum atomic E-state index is 11.1. The molecule has 0 aromatic carbocycles. The minimum absolute atomic E-state index is 0.0695. The number of ether oxygens (including phenoxy) is 1. The lowest BCUT2D eigenvalue weighted by Gasteiger charge is -2.30. The highest BCUT2D eigenvalue weighted by atomic mass is 16.5. The monoisotopic (exact) mass is 172 g/mol. The van der Waals surface area contributed by atoms with Crippen LogP contribution in [0.3, 0.4) is 0 Å². The van der Waals surface area contributed by atoms with Gasteiger partial charge in [0.1, 0.15) is 5.54 Å². The Hall–Kier alpha value is -1.10. The molecule has 0 spiro atoms. The van der Waals surface area contributed by atoms with Gasteiger partial charge in [0.15, 0.2) is 0 Å². The predicted octanol–water partition coefficient (Wildman–Crippen LogP) is -1.23. The number of piperidine rings is 1. The third-order valence-electron chi connectivity index (χ3n) is 1.99. The van der Waals surface area contributed by atoms with E-state index < -0.39 is 11.5 Å². The summed E-state index contributed by atoms with van der Waals surface area (Å²) in [5, 5.41) is 2.52. The Morgan fingerprint density at radius 2 is 2.42 bits per heavy atom. The minimum Gasteiger partial charge on any atom is -0.468 e. The summed E-state index contributed by atoms with van der Waals surface area (Å²) >= 11 is 0. The highest BCUT2D eigenvalue weighted by Crippen LogP contribution is 2.14. The summed E-state index contributed by atoms with van der Waals surface area (Å²) in [6, 6.07) is 0. The van der Waals surface area contributed by atoms with Crippen LogP contribution in [0.4, 0.5) is 0 Å². The largest absolute Gasteiger partial charge is 0.468 e. The fraction of sp³-hybridized carbons (Fsp3) is 0.714. The Kier molecular flexibility index (Phi) is 2.32. The lowest BCUT2D eigenvalue weighted by Crippen LogP contribution is -2.60. The lowest BCUT2D eigenvalue weighted by molar-refractivity contribution is -0.148. The Morgan fingerprint density at radius 3 is 2.83 bits per heavy atom. The first-order valence-corrected chi connectivity index (χ1v) is 3.72. The van der Waals surface area contributed by atoms with E-state index in [9.17, 15) is 9.59 Å². The van der Waals surface area contributed by atoms with Gasteiger partial charge in [-0.3, -0.25) is 4.79 Å². The van der Waals surface area contributed by atoms with Crippen LogP contribution in [0, 0.1) is 0 Å². The summed E-state index contributed by atoms with van der Waals surface area (Å²) in [6.45, 7) is 0.165. The van der Waals surface area contributed by atoms with E-state index >= 15 is 0 Å². The van der Waals surface area contributed by atoms with Crippen molar-refractivity contribution in [1.29, 1.82) is 0 Å². The van der Waals surface area contributed by atoms with Gasteiger partial charge in [-0.15, -0.1) is 0 Å². The number of rotatable bonds is 1. The van der Waals surface area contributed by atoms with Crippen LogP contribution in [0.1, 0.15) is 12.8 Å². The first-order valence-electron chi connectivity index (χ1n) is 3.72. The molecule has 1 fully saturated rings. The number of nitrogens with one attached hydrogen (secondary N) is 1. The molecule has 3 N–H and O–H groups in total. The fourth-order valence-electron chi connectivity index (χ4n) is 1.15. The van der Waals surface area contributed by atoms with E-state index in [4.69, 9.17) is 5.73 Å². The van der Waals surface area contributed by atoms with E-state index in [0.717, 1.165) is 0 Å². The van der Waals surface area contributed by atoms with E-state index in [-0.39, 0.29) is 18.9 Å². The third-order valence-corrected chi connectivity index (χ3v) is 1.99. The first-order chi connectivity index (χ1) is 5.58. The zero-order chi connectivity index (χ0) is 9.19. The van der Waals surface area contributed by atoms with Crippen molar-refractivity contribution in [2.45, 2.75) is 18.4 Å². The quantitative estimate of drug-likeness (QED) is 0.485. The molecule has 5 heteroatoms. The molecule has 5 nitrogen and oxygen atoms in total. The van der Waals surface area contributed by atoms with Gasteiger partial charge in [-0.2, -0.15) is 0 Å². The predicted molar refractivity (Wildman–Crippen MR) is 41.2 cm³/mol. The van der Waals surface area contributed by atoms with Gasteiger partial charge < -0.3 is 15.8 Å². The molecule has 68 valence electrons. The van der Waals surface area contributed by atoms with E-state index in [1.54, 1.807) is 0 Å². The average molecular weight is 172 g/mol. The molecule has 0 aromatic rings. The molecule has 1 atom stereocenters. The summed E-state index contributed by atoms with van der Waals surface area (Å²) < 4.78 is 4.51. The second kappa shape index (κ2) is 3.10. The molecule has 1 saturated heterocycles. The van der Waals surface area contributed by atoms with E-state index in [0.29, 0.717) is 6.42 Å². The third kappa shape index (κ3) is 1.55. The van der Waals surface area contributed by atoms with E-state index in [2.05, 4.69) is 10.1 Å². The Balaban J connectivity index is 2.61. The molecule has 0 radical (unpaired) electrons. The highest BCUT2D eigenvalue weighted by molar-refractivity contribution is 5.86. The summed E-state index contributed by atoms with van der Waals surface area (Å²) in [6.07, 6.45) is 0.636. The molecule has 0 bridgehead atoms. The maximum Gasteiger partial charge on any atom is 0.327 e. The van der Waals surface area contributed by atoms with Crippen molar-refractivity contribution in [2.24, 2.45) is 5.73 Å². The molecule has 12 heavy (non-hydrogen) atoms. The Labute approximate surface area is 70.2 Å². The minimum atomic E-state index is -1.03. The van der Waals surface area contributed by atoms with E-state index in [1.165, 1.54) is 7.11 Å². The summed E-state index contributed by atoms with van der Waals surface area (Å²) in [5.74, 6) is -0.539. The average Bonchev–Trinajstić information content (AvgIpc) is 2.09. The van der Waals surface area contributed by atoms with Gasteiger partial charge in [0, 0.05) is 13.0 Å². The van der Waals surface area contributed by atoms with Crippen molar-refractivity contribution < 1.29 is 14.3 Å². The van der Waals surface area contributed by atoms with Gasteiger partial charge in [0.25, 0.3) is 0 Å². The molecule has 1 rings (SSSR count). The van der Waals surface area contributed by atoms with Crippen LogP contribution in [-0.4, -0.2) is 31.1 Å². The van der Waals surface area contributed by atoms with Gasteiger partial charge in [-0.1, -0.05) is 0 Å². The smallest absolute Gasteiger partial charge is 0.327 e. The Morgan fingerprint density at radius 1 is 1.75 bits per heavy atom. The number of nitrogens with two attached hydrogens (primary N) is 1. The first kappa shape index (κ1) is 8.99. The highest BCUT2D eigenvalue weighted by Gasteiger charge is 2.38. The number of esters is 1. The van der Waals surface area contributed by atoms with Crippen LogP contribution in [0.2, 0.25) is 0 Å². The van der Waals surface area contributed by atoms with Crippen LogP contribution in [0.15, 0.2) is 0 Å². The second-order valence-electron chi connectivity index (χ2n) is 2.92. The number of methoxy groups -OCH3 is 1. The molecular formula is C7H12N2O3. The Bertz CT molecular complexity index is 205. The molecule has 0 aliphatic carbocycles. The molecule has 1 aliphatic heterocycles. The molecule has 1 aliphatic rings. The zero-order valence-corrected chi connectivity index (χ0v) is 6.92.